The lowest BCUT2D eigenvalue weighted by molar-refractivity contribution is 0.539. The van der Waals surface area contributed by atoms with Crippen LogP contribution in [0.4, 0.5) is 0 Å². The van der Waals surface area contributed by atoms with Crippen molar-refractivity contribution in [2.75, 3.05) is 7.05 Å². The molecule has 108 valence electrons. The van der Waals surface area contributed by atoms with Crippen molar-refractivity contribution in [1.82, 2.24) is 15.1 Å². The number of nitrogens with zero attached hydrogens (tertiary/aromatic N) is 2. The van der Waals surface area contributed by atoms with E-state index < -0.39 is 0 Å². The molecule has 21 heavy (non-hydrogen) atoms. The van der Waals surface area contributed by atoms with Gasteiger partial charge >= 0.3 is 0 Å². The average Bonchev–Trinajstić information content (AvgIpc) is 2.93. The first-order valence-corrected chi connectivity index (χ1v) is 7.41. The molecular formula is C18H21N3. The zero-order valence-electron chi connectivity index (χ0n) is 12.6. The van der Waals surface area contributed by atoms with Crippen LogP contribution in [0.1, 0.15) is 23.7 Å². The van der Waals surface area contributed by atoms with Gasteiger partial charge in [-0.05, 0) is 42.3 Å². The maximum Gasteiger partial charge on any atom is 0.0492 e. The summed E-state index contributed by atoms with van der Waals surface area (Å²) in [5.41, 5.74) is 2.65. The van der Waals surface area contributed by atoms with Crippen LogP contribution in [-0.4, -0.2) is 16.8 Å². The summed E-state index contributed by atoms with van der Waals surface area (Å²) in [4.78, 5) is 0. The monoisotopic (exact) mass is 279 g/mol. The Morgan fingerprint density at radius 2 is 1.90 bits per heavy atom. The third-order valence-corrected chi connectivity index (χ3v) is 4.16. The van der Waals surface area contributed by atoms with Crippen LogP contribution in [0.3, 0.4) is 0 Å². The van der Waals surface area contributed by atoms with Crippen molar-refractivity contribution in [3.05, 3.63) is 66.0 Å². The van der Waals surface area contributed by atoms with Gasteiger partial charge in [0.1, 0.15) is 0 Å². The van der Waals surface area contributed by atoms with Crippen LogP contribution in [0, 0.1) is 0 Å². The molecule has 1 aromatic heterocycles. The van der Waals surface area contributed by atoms with E-state index in [-0.39, 0.29) is 0 Å². The van der Waals surface area contributed by atoms with E-state index >= 15 is 0 Å². The molecule has 3 rings (SSSR count). The summed E-state index contributed by atoms with van der Waals surface area (Å²) < 4.78 is 1.95. The van der Waals surface area contributed by atoms with E-state index in [1.54, 1.807) is 0 Å². The van der Waals surface area contributed by atoms with Crippen molar-refractivity contribution >= 4 is 10.8 Å². The Labute approximate surface area is 125 Å². The zero-order chi connectivity index (χ0) is 14.7. The van der Waals surface area contributed by atoms with E-state index in [9.17, 15) is 0 Å². The largest absolute Gasteiger partial charge is 0.313 e. The van der Waals surface area contributed by atoms with E-state index in [2.05, 4.69) is 58.9 Å². The molecule has 0 aliphatic heterocycles. The normalized spacial score (nSPS) is 12.7. The van der Waals surface area contributed by atoms with Gasteiger partial charge in [-0.15, -0.1) is 0 Å². The zero-order valence-corrected chi connectivity index (χ0v) is 12.6. The maximum absolute atomic E-state index is 4.24. The molecule has 1 N–H and O–H groups in total. The lowest BCUT2D eigenvalue weighted by Crippen LogP contribution is -2.18. The first kappa shape index (κ1) is 13.8. The van der Waals surface area contributed by atoms with Gasteiger partial charge in [-0.3, -0.25) is 4.68 Å². The topological polar surface area (TPSA) is 29.9 Å². The Morgan fingerprint density at radius 3 is 2.67 bits per heavy atom. The number of hydrogen-bond donors (Lipinski definition) is 1. The van der Waals surface area contributed by atoms with Crippen molar-refractivity contribution < 1.29 is 0 Å². The summed E-state index contributed by atoms with van der Waals surface area (Å²) in [5, 5.41) is 10.3. The van der Waals surface area contributed by atoms with Crippen molar-refractivity contribution in [1.29, 1.82) is 0 Å². The van der Waals surface area contributed by atoms with Gasteiger partial charge in [-0.1, -0.05) is 42.5 Å². The number of aromatic nitrogens is 2. The number of hydrogen-bond acceptors (Lipinski definition) is 2. The van der Waals surface area contributed by atoms with Gasteiger partial charge < -0.3 is 5.32 Å². The molecule has 0 fully saturated rings. The van der Waals surface area contributed by atoms with Gasteiger partial charge in [-0.25, -0.2) is 0 Å². The fraction of sp³-hybridized carbons (Fsp3) is 0.278. The highest BCUT2D eigenvalue weighted by Gasteiger charge is 2.13. The van der Waals surface area contributed by atoms with Crippen molar-refractivity contribution in [3.8, 4) is 0 Å². The summed E-state index contributed by atoms with van der Waals surface area (Å²) in [5.74, 6) is 0. The van der Waals surface area contributed by atoms with Gasteiger partial charge in [0.25, 0.3) is 0 Å². The summed E-state index contributed by atoms with van der Waals surface area (Å²) in [6.45, 7) is 0. The van der Waals surface area contributed by atoms with E-state index in [1.165, 1.54) is 22.0 Å². The molecule has 3 nitrogen and oxygen atoms in total. The highest BCUT2D eigenvalue weighted by atomic mass is 15.2. The number of fused-ring (bicyclic) bond motifs is 1. The number of aryl methyl sites for hydroxylation is 2. The molecule has 0 radical (unpaired) electrons. The maximum atomic E-state index is 4.24. The summed E-state index contributed by atoms with van der Waals surface area (Å²) in [7, 11) is 4.04. The summed E-state index contributed by atoms with van der Waals surface area (Å²) in [6.07, 6.45) is 3.94. The SMILES string of the molecule is CNC(CCc1ccnn1C)c1cccc2ccccc12. The van der Waals surface area contributed by atoms with Gasteiger partial charge in [0.05, 0.1) is 0 Å². The molecule has 0 saturated carbocycles. The minimum atomic E-state index is 0.353. The molecule has 0 saturated heterocycles. The minimum Gasteiger partial charge on any atom is -0.313 e. The van der Waals surface area contributed by atoms with Crippen LogP contribution in [0.15, 0.2) is 54.7 Å². The fourth-order valence-corrected chi connectivity index (χ4v) is 2.95. The van der Waals surface area contributed by atoms with Crippen LogP contribution in [-0.2, 0) is 13.5 Å². The predicted octanol–water partition coefficient (Wildman–Crippen LogP) is 3.47. The molecule has 1 heterocycles. The van der Waals surface area contributed by atoms with Crippen LogP contribution >= 0.6 is 0 Å². The Morgan fingerprint density at radius 1 is 1.10 bits per heavy atom. The van der Waals surface area contributed by atoms with Crippen molar-refractivity contribution in [3.63, 3.8) is 0 Å². The van der Waals surface area contributed by atoms with Gasteiger partial charge in [0.15, 0.2) is 0 Å². The second-order valence-corrected chi connectivity index (χ2v) is 5.39. The first-order valence-electron chi connectivity index (χ1n) is 7.41. The minimum absolute atomic E-state index is 0.353. The third kappa shape index (κ3) is 2.83. The Kier molecular flexibility index (Phi) is 4.02. The molecule has 0 aliphatic carbocycles. The van der Waals surface area contributed by atoms with Gasteiger partial charge in [0.2, 0.25) is 0 Å². The first-order chi connectivity index (χ1) is 10.3. The van der Waals surface area contributed by atoms with Crippen molar-refractivity contribution in [2.24, 2.45) is 7.05 Å². The van der Waals surface area contributed by atoms with Crippen LogP contribution in [0.25, 0.3) is 10.8 Å². The molecule has 0 aliphatic rings. The number of nitrogens with one attached hydrogen (secondary N) is 1. The Balaban J connectivity index is 1.86. The second-order valence-electron chi connectivity index (χ2n) is 5.39. The molecule has 0 bridgehead atoms. The molecule has 3 heteroatoms. The Hall–Kier alpha value is -2.13. The van der Waals surface area contributed by atoms with Crippen LogP contribution in [0.5, 0.6) is 0 Å². The fourth-order valence-electron chi connectivity index (χ4n) is 2.95. The molecule has 1 atom stereocenters. The second kappa shape index (κ2) is 6.10. The van der Waals surface area contributed by atoms with Gasteiger partial charge in [0, 0.05) is 25.0 Å². The van der Waals surface area contributed by atoms with Gasteiger partial charge in [-0.2, -0.15) is 5.10 Å². The lowest BCUT2D eigenvalue weighted by atomic mass is 9.95. The molecule has 2 aromatic carbocycles. The number of benzene rings is 2. The number of rotatable bonds is 5. The van der Waals surface area contributed by atoms with Crippen molar-refractivity contribution in [2.45, 2.75) is 18.9 Å². The quantitative estimate of drug-likeness (QED) is 0.775. The van der Waals surface area contributed by atoms with E-state index in [0.717, 1.165) is 12.8 Å². The molecule has 0 spiro atoms. The molecule has 1 unspecified atom stereocenters. The summed E-state index contributed by atoms with van der Waals surface area (Å²) >= 11 is 0. The van der Waals surface area contributed by atoms with E-state index in [1.807, 2.05) is 25.0 Å². The standard InChI is InChI=1S/C18H21N3/c1-19-18(11-10-15-12-13-20-21(15)2)17-9-5-7-14-6-3-4-8-16(14)17/h3-9,12-13,18-19H,10-11H2,1-2H3. The molecule has 3 aromatic rings. The average molecular weight is 279 g/mol. The molecule has 0 amide bonds. The summed E-state index contributed by atoms with van der Waals surface area (Å²) in [6, 6.07) is 17.6. The predicted molar refractivity (Wildman–Crippen MR) is 87.3 cm³/mol. The Bertz CT molecular complexity index is 725. The van der Waals surface area contributed by atoms with Crippen LogP contribution in [0.2, 0.25) is 0 Å². The smallest absolute Gasteiger partial charge is 0.0492 e. The van der Waals surface area contributed by atoms with Crippen LogP contribution < -0.4 is 5.32 Å². The van der Waals surface area contributed by atoms with E-state index in [0.29, 0.717) is 6.04 Å². The third-order valence-electron chi connectivity index (χ3n) is 4.16. The van der Waals surface area contributed by atoms with E-state index in [4.69, 9.17) is 0 Å². The highest BCUT2D eigenvalue weighted by molar-refractivity contribution is 5.86. The lowest BCUT2D eigenvalue weighted by Gasteiger charge is -2.19. The molecular weight excluding hydrogens is 258 g/mol. The highest BCUT2D eigenvalue weighted by Crippen LogP contribution is 2.27.